The van der Waals surface area contributed by atoms with Crippen LogP contribution in [0.25, 0.3) is 0 Å². The molecule has 1 unspecified atom stereocenters. The molecule has 8 nitrogen and oxygen atoms in total. The van der Waals surface area contributed by atoms with Crippen LogP contribution in [0.1, 0.15) is 36.8 Å². The highest BCUT2D eigenvalue weighted by Gasteiger charge is 2.38. The molecule has 1 aromatic rings. The molecule has 2 atom stereocenters. The van der Waals surface area contributed by atoms with Crippen LogP contribution in [0.5, 0.6) is 0 Å². The average Bonchev–Trinajstić information content (AvgIpc) is 2.94. The summed E-state index contributed by atoms with van der Waals surface area (Å²) in [5, 5.41) is 9.19. The average molecular weight is 455 g/mol. The maximum atomic E-state index is 13.4. The van der Waals surface area contributed by atoms with Crippen molar-refractivity contribution < 1.29 is 18.0 Å². The van der Waals surface area contributed by atoms with Gasteiger partial charge in [-0.1, -0.05) is 11.6 Å². The van der Waals surface area contributed by atoms with E-state index < -0.39 is 22.0 Å². The number of amides is 2. The smallest absolute Gasteiger partial charge is 0.264 e. The Bertz CT molecular complexity index is 956. The zero-order valence-corrected chi connectivity index (χ0v) is 18.6. The molecule has 1 saturated heterocycles. The highest BCUT2D eigenvalue weighted by molar-refractivity contribution is 7.89. The predicted molar refractivity (Wildman–Crippen MR) is 114 cm³/mol. The number of hydrogen-bond acceptors (Lipinski definition) is 5. The Morgan fingerprint density at radius 2 is 2.00 bits per heavy atom. The van der Waals surface area contributed by atoms with Crippen molar-refractivity contribution in [2.75, 3.05) is 13.1 Å². The summed E-state index contributed by atoms with van der Waals surface area (Å²) in [5.74, 6) is -0.886. The first-order valence-electron chi connectivity index (χ1n) is 9.97. The first-order valence-corrected chi connectivity index (χ1v) is 11.8. The van der Waals surface area contributed by atoms with E-state index >= 15 is 0 Å². The summed E-state index contributed by atoms with van der Waals surface area (Å²) < 4.78 is 27.7. The van der Waals surface area contributed by atoms with Crippen LogP contribution in [-0.4, -0.2) is 49.7 Å². The lowest BCUT2D eigenvalue weighted by Crippen LogP contribution is -2.51. The number of hydrogen-bond donors (Lipinski definition) is 3. The molecular weight excluding hydrogens is 428 g/mol. The zero-order chi connectivity index (χ0) is 21.9. The van der Waals surface area contributed by atoms with E-state index in [2.05, 4.69) is 16.0 Å². The number of rotatable bonds is 5. The molecule has 164 valence electrons. The Balaban J connectivity index is 1.83. The fraction of sp³-hybridized carbons (Fsp3) is 0.500. The van der Waals surface area contributed by atoms with Crippen molar-refractivity contribution in [1.29, 1.82) is 0 Å². The highest BCUT2D eigenvalue weighted by atomic mass is 35.5. The molecule has 0 radical (unpaired) electrons. The number of carbonyl (C=O) groups excluding carboxylic acids is 2. The number of sulfonamides is 1. The second-order valence-electron chi connectivity index (χ2n) is 7.69. The van der Waals surface area contributed by atoms with Gasteiger partial charge in [-0.15, -0.1) is 0 Å². The Labute approximate surface area is 182 Å². The topological polar surface area (TPSA) is 108 Å². The van der Waals surface area contributed by atoms with Crippen LogP contribution in [0.3, 0.4) is 0 Å². The Kier molecular flexibility index (Phi) is 7.05. The van der Waals surface area contributed by atoms with E-state index in [9.17, 15) is 18.0 Å². The Morgan fingerprint density at radius 3 is 2.77 bits per heavy atom. The number of benzene rings is 1. The van der Waals surface area contributed by atoms with Crippen molar-refractivity contribution in [3.05, 3.63) is 40.7 Å². The van der Waals surface area contributed by atoms with E-state index in [0.717, 1.165) is 36.7 Å². The van der Waals surface area contributed by atoms with Gasteiger partial charge in [-0.3, -0.25) is 13.9 Å². The van der Waals surface area contributed by atoms with Gasteiger partial charge >= 0.3 is 0 Å². The zero-order valence-electron chi connectivity index (χ0n) is 17.1. The number of nitrogens with one attached hydrogen (secondary N) is 3. The van der Waals surface area contributed by atoms with Gasteiger partial charge in [-0.25, -0.2) is 8.42 Å². The lowest BCUT2D eigenvalue weighted by molar-refractivity contribution is -0.129. The van der Waals surface area contributed by atoms with Crippen molar-refractivity contribution in [2.45, 2.75) is 56.5 Å². The minimum atomic E-state index is -4.06. The van der Waals surface area contributed by atoms with Gasteiger partial charge in [0.05, 0.1) is 11.3 Å². The first-order chi connectivity index (χ1) is 14.2. The quantitative estimate of drug-likeness (QED) is 0.625. The van der Waals surface area contributed by atoms with Crippen LogP contribution < -0.4 is 16.0 Å². The van der Waals surface area contributed by atoms with Gasteiger partial charge in [0.15, 0.2) is 0 Å². The minimum Gasteiger partial charge on any atom is -0.353 e. The third kappa shape index (κ3) is 4.96. The fourth-order valence-corrected chi connectivity index (χ4v) is 5.67. The summed E-state index contributed by atoms with van der Waals surface area (Å²) >= 11 is 6.10. The summed E-state index contributed by atoms with van der Waals surface area (Å²) in [4.78, 5) is 25.2. The van der Waals surface area contributed by atoms with E-state index in [0.29, 0.717) is 16.1 Å². The van der Waals surface area contributed by atoms with Gasteiger partial charge in [0.2, 0.25) is 11.8 Å². The molecule has 0 spiro atoms. The van der Waals surface area contributed by atoms with Crippen LogP contribution in [-0.2, 0) is 19.6 Å². The van der Waals surface area contributed by atoms with E-state index in [1.807, 2.05) is 0 Å². The highest BCUT2D eigenvalue weighted by Crippen LogP contribution is 2.29. The van der Waals surface area contributed by atoms with Crippen molar-refractivity contribution in [2.24, 2.45) is 0 Å². The predicted octanol–water partition coefficient (Wildman–Crippen LogP) is 1.57. The molecule has 30 heavy (non-hydrogen) atoms. The molecule has 2 heterocycles. The number of halogens is 1. The van der Waals surface area contributed by atoms with Crippen LogP contribution >= 0.6 is 11.6 Å². The number of nitrogens with zero attached hydrogens (tertiary/aromatic N) is 1. The molecule has 2 amide bonds. The van der Waals surface area contributed by atoms with Gasteiger partial charge in [0.1, 0.15) is 6.04 Å². The molecule has 0 aromatic heterocycles. The van der Waals surface area contributed by atoms with Crippen molar-refractivity contribution in [3.8, 4) is 0 Å². The maximum absolute atomic E-state index is 13.4. The number of aryl methyl sites for hydroxylation is 2. The van der Waals surface area contributed by atoms with Crippen LogP contribution in [0, 0.1) is 13.8 Å². The molecule has 1 fully saturated rings. The number of carbonyl (C=O) groups is 2. The van der Waals surface area contributed by atoms with E-state index in [1.54, 1.807) is 19.9 Å². The molecule has 2 aliphatic heterocycles. The molecule has 1 aromatic carbocycles. The van der Waals surface area contributed by atoms with Gasteiger partial charge in [-0.2, -0.15) is 0 Å². The summed E-state index contributed by atoms with van der Waals surface area (Å²) in [6, 6.07) is 1.92. The molecule has 3 rings (SSSR count). The SMILES string of the molecule is Cc1cc(S(=O)(=O)N2C=CNC(=O)[C@H]2CC(=O)NC2CCCNCC2)c(C)cc1Cl. The van der Waals surface area contributed by atoms with Gasteiger partial charge in [-0.05, 0) is 69.5 Å². The molecule has 3 N–H and O–H groups in total. The van der Waals surface area contributed by atoms with Crippen LogP contribution in [0.4, 0.5) is 0 Å². The second-order valence-corrected chi connectivity index (χ2v) is 9.91. The van der Waals surface area contributed by atoms with E-state index in [1.165, 1.54) is 18.5 Å². The van der Waals surface area contributed by atoms with Crippen LogP contribution in [0.15, 0.2) is 29.4 Å². The molecular formula is C20H27ClN4O4S. The van der Waals surface area contributed by atoms with Gasteiger partial charge in [0, 0.05) is 23.5 Å². The first kappa shape index (κ1) is 22.6. The molecule has 2 aliphatic rings. The maximum Gasteiger partial charge on any atom is 0.264 e. The Hall–Kier alpha value is -2.10. The monoisotopic (exact) mass is 454 g/mol. The van der Waals surface area contributed by atoms with Crippen LogP contribution in [0.2, 0.25) is 5.02 Å². The minimum absolute atomic E-state index is 0.0147. The Morgan fingerprint density at radius 1 is 1.23 bits per heavy atom. The molecule has 0 aliphatic carbocycles. The fourth-order valence-electron chi connectivity index (χ4n) is 3.71. The summed E-state index contributed by atoms with van der Waals surface area (Å²) in [5.41, 5.74) is 1.08. The largest absolute Gasteiger partial charge is 0.353 e. The molecule has 10 heteroatoms. The van der Waals surface area contributed by atoms with Crippen molar-refractivity contribution >= 4 is 33.4 Å². The van der Waals surface area contributed by atoms with Crippen molar-refractivity contribution in [1.82, 2.24) is 20.3 Å². The summed E-state index contributed by atoms with van der Waals surface area (Å²) in [6.07, 6.45) is 4.89. The van der Waals surface area contributed by atoms with Crippen molar-refractivity contribution in [3.63, 3.8) is 0 Å². The standard InChI is InChI=1S/C20H27ClN4O4S/c1-13-11-18(14(2)10-16(13)21)30(28,29)25-9-8-23-20(27)17(25)12-19(26)24-15-4-3-6-22-7-5-15/h8-11,15,17,22H,3-7,12H2,1-2H3,(H,23,27)(H,24,26)/t15?,17-/m1/s1. The van der Waals surface area contributed by atoms with E-state index in [-0.39, 0.29) is 23.3 Å². The van der Waals surface area contributed by atoms with Gasteiger partial charge in [0.25, 0.3) is 10.0 Å². The van der Waals surface area contributed by atoms with E-state index in [4.69, 9.17) is 11.6 Å². The second kappa shape index (κ2) is 9.36. The molecule has 0 bridgehead atoms. The lowest BCUT2D eigenvalue weighted by atomic mass is 10.1. The third-order valence-corrected chi connectivity index (χ3v) is 7.72. The normalized spacial score (nSPS) is 22.4. The van der Waals surface area contributed by atoms with Gasteiger partial charge < -0.3 is 16.0 Å². The molecule has 0 saturated carbocycles. The lowest BCUT2D eigenvalue weighted by Gasteiger charge is -2.32. The third-order valence-electron chi connectivity index (χ3n) is 5.39. The summed E-state index contributed by atoms with van der Waals surface area (Å²) in [7, 11) is -4.06. The summed E-state index contributed by atoms with van der Waals surface area (Å²) in [6.45, 7) is 5.08.